The molecule has 0 aromatic heterocycles. The Morgan fingerprint density at radius 3 is 2.55 bits per heavy atom. The Morgan fingerprint density at radius 1 is 1.30 bits per heavy atom. The van der Waals surface area contributed by atoms with Crippen LogP contribution < -0.4 is 10.1 Å². The van der Waals surface area contributed by atoms with Gasteiger partial charge in [-0.05, 0) is 30.9 Å². The second-order valence-corrected chi connectivity index (χ2v) is 4.95. The van der Waals surface area contributed by atoms with Crippen LogP contribution in [0, 0.1) is 5.92 Å². The van der Waals surface area contributed by atoms with Crippen molar-refractivity contribution in [1.29, 1.82) is 0 Å². The lowest BCUT2D eigenvalue weighted by Crippen LogP contribution is -2.39. The summed E-state index contributed by atoms with van der Waals surface area (Å²) < 4.78 is 5.27. The highest BCUT2D eigenvalue weighted by Gasteiger charge is 2.17. The Bertz CT molecular complexity index is 473. The number of hydrogen-bond donors (Lipinski definition) is 2. The molecule has 1 aromatic rings. The number of ether oxygens (including phenoxy) is 1. The molecule has 0 aliphatic heterocycles. The van der Waals surface area contributed by atoms with Crippen LogP contribution in [0.4, 0.5) is 0 Å². The number of nitrogens with one attached hydrogen (secondary N) is 1. The highest BCUT2D eigenvalue weighted by atomic mass is 16.5. The molecule has 0 aliphatic rings. The van der Waals surface area contributed by atoms with Gasteiger partial charge in [-0.2, -0.15) is 0 Å². The Morgan fingerprint density at radius 2 is 1.95 bits per heavy atom. The molecule has 1 aromatic carbocycles. The van der Waals surface area contributed by atoms with Gasteiger partial charge in [0.2, 0.25) is 5.91 Å². The van der Waals surface area contributed by atoms with Gasteiger partial charge in [-0.3, -0.25) is 9.59 Å². The molecule has 0 spiro atoms. The van der Waals surface area contributed by atoms with Crippen LogP contribution in [0.15, 0.2) is 24.3 Å². The summed E-state index contributed by atoms with van der Waals surface area (Å²) in [6, 6.07) is 6.81. The van der Waals surface area contributed by atoms with E-state index >= 15 is 0 Å². The molecule has 2 unspecified atom stereocenters. The smallest absolute Gasteiger partial charge is 0.325 e. The minimum atomic E-state index is -1.03. The molecular formula is C15H21NO4. The number of para-hydroxylation sites is 1. The van der Waals surface area contributed by atoms with Crippen LogP contribution in [0.25, 0.3) is 0 Å². The van der Waals surface area contributed by atoms with Gasteiger partial charge >= 0.3 is 5.97 Å². The Kier molecular flexibility index (Phi) is 6.03. The summed E-state index contributed by atoms with van der Waals surface area (Å²) >= 11 is 0. The fourth-order valence-electron chi connectivity index (χ4n) is 2.00. The Labute approximate surface area is 118 Å². The maximum Gasteiger partial charge on any atom is 0.325 e. The van der Waals surface area contributed by atoms with E-state index in [0.717, 1.165) is 11.3 Å². The number of benzene rings is 1. The van der Waals surface area contributed by atoms with Crippen molar-refractivity contribution in [3.8, 4) is 5.75 Å². The number of amides is 1. The van der Waals surface area contributed by atoms with Crippen molar-refractivity contribution in [3.63, 3.8) is 0 Å². The molecule has 0 bridgehead atoms. The number of rotatable bonds is 7. The van der Waals surface area contributed by atoms with E-state index < -0.39 is 12.0 Å². The second kappa shape index (κ2) is 7.53. The molecule has 0 aliphatic carbocycles. The van der Waals surface area contributed by atoms with Gasteiger partial charge in [0.05, 0.1) is 7.11 Å². The van der Waals surface area contributed by atoms with E-state index in [9.17, 15) is 9.59 Å². The lowest BCUT2D eigenvalue weighted by atomic mass is 9.97. The lowest BCUT2D eigenvalue weighted by molar-refractivity contribution is -0.141. The van der Waals surface area contributed by atoms with Crippen molar-refractivity contribution in [2.24, 2.45) is 5.92 Å². The molecule has 1 rings (SSSR count). The van der Waals surface area contributed by atoms with Crippen molar-refractivity contribution in [2.75, 3.05) is 7.11 Å². The van der Waals surface area contributed by atoms with E-state index in [4.69, 9.17) is 9.84 Å². The van der Waals surface area contributed by atoms with E-state index in [2.05, 4.69) is 5.32 Å². The molecule has 0 fully saturated rings. The molecule has 5 heteroatoms. The number of hydrogen-bond acceptors (Lipinski definition) is 3. The summed E-state index contributed by atoms with van der Waals surface area (Å²) in [6.45, 7) is 3.41. The molecular weight excluding hydrogens is 258 g/mol. The number of carboxylic acids is 1. The fraction of sp³-hybridized carbons (Fsp3) is 0.467. The molecule has 0 heterocycles. The fourth-order valence-corrected chi connectivity index (χ4v) is 2.00. The van der Waals surface area contributed by atoms with Gasteiger partial charge in [0.1, 0.15) is 11.8 Å². The topological polar surface area (TPSA) is 75.6 Å². The molecule has 0 radical (unpaired) electrons. The first-order valence-corrected chi connectivity index (χ1v) is 6.58. The van der Waals surface area contributed by atoms with E-state index in [1.54, 1.807) is 7.11 Å². The van der Waals surface area contributed by atoms with E-state index in [1.165, 1.54) is 6.92 Å². The first-order chi connectivity index (χ1) is 9.43. The third-order valence-electron chi connectivity index (χ3n) is 3.04. The number of carbonyl (C=O) groups is 2. The molecule has 20 heavy (non-hydrogen) atoms. The number of carbonyl (C=O) groups excluding carboxylic acids is 1. The van der Waals surface area contributed by atoms with Crippen LogP contribution >= 0.6 is 0 Å². The summed E-state index contributed by atoms with van der Waals surface area (Å²) in [5.74, 6) is -0.371. The summed E-state index contributed by atoms with van der Waals surface area (Å²) in [5.41, 5.74) is 1.04. The van der Waals surface area contributed by atoms with Gasteiger partial charge in [0.15, 0.2) is 0 Å². The van der Waals surface area contributed by atoms with Crippen molar-refractivity contribution in [2.45, 2.75) is 32.7 Å². The zero-order chi connectivity index (χ0) is 15.1. The van der Waals surface area contributed by atoms with E-state index in [1.807, 2.05) is 31.2 Å². The van der Waals surface area contributed by atoms with Gasteiger partial charge in [0, 0.05) is 6.42 Å². The predicted molar refractivity (Wildman–Crippen MR) is 75.7 cm³/mol. The van der Waals surface area contributed by atoms with E-state index in [-0.39, 0.29) is 18.2 Å². The van der Waals surface area contributed by atoms with Crippen LogP contribution in [-0.2, 0) is 16.0 Å². The minimum Gasteiger partial charge on any atom is -0.496 e. The van der Waals surface area contributed by atoms with Crippen LogP contribution in [0.1, 0.15) is 25.8 Å². The van der Waals surface area contributed by atoms with Crippen LogP contribution in [0.5, 0.6) is 5.75 Å². The maximum atomic E-state index is 11.7. The standard InChI is InChI=1S/C15H21NO4/c1-10(9-14(17)16-11(2)15(18)19)8-12-6-4-5-7-13(12)20-3/h4-7,10-11H,8-9H2,1-3H3,(H,16,17)(H,18,19). The van der Waals surface area contributed by atoms with Crippen molar-refractivity contribution in [3.05, 3.63) is 29.8 Å². The summed E-state index contributed by atoms with van der Waals surface area (Å²) in [5, 5.41) is 11.2. The highest BCUT2D eigenvalue weighted by Crippen LogP contribution is 2.22. The largest absolute Gasteiger partial charge is 0.496 e. The molecule has 110 valence electrons. The maximum absolute atomic E-state index is 11.7. The number of carboxylic acid groups (broad SMARTS) is 1. The highest BCUT2D eigenvalue weighted by molar-refractivity contribution is 5.83. The normalized spacial score (nSPS) is 13.3. The average Bonchev–Trinajstić information content (AvgIpc) is 2.38. The van der Waals surface area contributed by atoms with Crippen molar-refractivity contribution >= 4 is 11.9 Å². The first kappa shape index (κ1) is 16.0. The van der Waals surface area contributed by atoms with Crippen LogP contribution in [0.2, 0.25) is 0 Å². The number of methoxy groups -OCH3 is 1. The van der Waals surface area contributed by atoms with Gasteiger partial charge in [-0.25, -0.2) is 0 Å². The Hall–Kier alpha value is -2.04. The molecule has 1 amide bonds. The SMILES string of the molecule is COc1ccccc1CC(C)CC(=O)NC(C)C(=O)O. The van der Waals surface area contributed by atoms with E-state index in [0.29, 0.717) is 6.42 Å². The van der Waals surface area contributed by atoms with Crippen LogP contribution in [-0.4, -0.2) is 30.1 Å². The quantitative estimate of drug-likeness (QED) is 0.798. The molecule has 0 saturated carbocycles. The molecule has 2 atom stereocenters. The molecule has 2 N–H and O–H groups in total. The number of aliphatic carboxylic acids is 1. The average molecular weight is 279 g/mol. The predicted octanol–water partition coefficient (Wildman–Crippen LogP) is 1.85. The molecule has 0 saturated heterocycles. The summed E-state index contributed by atoms with van der Waals surface area (Å²) in [7, 11) is 1.62. The Balaban J connectivity index is 2.53. The van der Waals surface area contributed by atoms with Gasteiger partial charge < -0.3 is 15.2 Å². The third kappa shape index (κ3) is 4.91. The van der Waals surface area contributed by atoms with Gasteiger partial charge in [-0.1, -0.05) is 25.1 Å². The van der Waals surface area contributed by atoms with Gasteiger partial charge in [0.25, 0.3) is 0 Å². The zero-order valence-corrected chi connectivity index (χ0v) is 12.1. The van der Waals surface area contributed by atoms with Crippen LogP contribution in [0.3, 0.4) is 0 Å². The summed E-state index contributed by atoms with van der Waals surface area (Å²) in [4.78, 5) is 22.4. The van der Waals surface area contributed by atoms with Crippen molar-refractivity contribution < 1.29 is 19.4 Å². The zero-order valence-electron chi connectivity index (χ0n) is 12.1. The minimum absolute atomic E-state index is 0.104. The van der Waals surface area contributed by atoms with Crippen molar-refractivity contribution in [1.82, 2.24) is 5.32 Å². The van der Waals surface area contributed by atoms with Gasteiger partial charge in [-0.15, -0.1) is 0 Å². The summed E-state index contributed by atoms with van der Waals surface area (Å²) in [6.07, 6.45) is 0.995. The first-order valence-electron chi connectivity index (χ1n) is 6.58. The lowest BCUT2D eigenvalue weighted by Gasteiger charge is -2.15. The second-order valence-electron chi connectivity index (χ2n) is 4.95. The molecule has 5 nitrogen and oxygen atoms in total. The third-order valence-corrected chi connectivity index (χ3v) is 3.04. The monoisotopic (exact) mass is 279 g/mol.